The lowest BCUT2D eigenvalue weighted by molar-refractivity contribution is 0.0954. The molecule has 0 radical (unpaired) electrons. The van der Waals surface area contributed by atoms with Crippen LogP contribution in [-0.2, 0) is 0 Å². The molecule has 0 saturated carbocycles. The molecular weight excluding hydrogens is 336 g/mol. The Morgan fingerprint density at radius 1 is 1.19 bits per heavy atom. The summed E-state index contributed by atoms with van der Waals surface area (Å²) in [7, 11) is 0. The Labute approximate surface area is 129 Å². The second-order valence-corrected chi connectivity index (χ2v) is 5.15. The van der Waals surface area contributed by atoms with Crippen molar-refractivity contribution >= 4 is 28.1 Å². The van der Waals surface area contributed by atoms with Gasteiger partial charge >= 0.3 is 0 Å². The van der Waals surface area contributed by atoms with Gasteiger partial charge in [-0.1, -0.05) is 12.1 Å². The maximum atomic E-state index is 11.9. The summed E-state index contributed by atoms with van der Waals surface area (Å²) in [6.45, 7) is 0.231. The second-order valence-electron chi connectivity index (χ2n) is 4.29. The fraction of sp³-hybridized carbons (Fsp3) is 0.0667. The van der Waals surface area contributed by atoms with Crippen LogP contribution in [0.1, 0.15) is 15.9 Å². The van der Waals surface area contributed by atoms with Crippen molar-refractivity contribution in [2.45, 2.75) is 0 Å². The summed E-state index contributed by atoms with van der Waals surface area (Å²) >= 11 is 3.32. The van der Waals surface area contributed by atoms with Gasteiger partial charge in [0.1, 0.15) is 0 Å². The SMILES string of the molecule is O=C(N/N=C\c1ccc2c(c1)OCO2)c1ccccc1Br. The Bertz CT molecular complexity index is 716. The van der Waals surface area contributed by atoms with E-state index in [0.29, 0.717) is 17.1 Å². The Hall–Kier alpha value is -2.34. The smallest absolute Gasteiger partial charge is 0.272 e. The fourth-order valence-corrected chi connectivity index (χ4v) is 2.33. The maximum Gasteiger partial charge on any atom is 0.272 e. The maximum absolute atomic E-state index is 11.9. The Morgan fingerprint density at radius 3 is 2.86 bits per heavy atom. The van der Waals surface area contributed by atoms with E-state index in [1.54, 1.807) is 36.5 Å². The molecule has 0 fully saturated rings. The van der Waals surface area contributed by atoms with Crippen LogP contribution in [0.2, 0.25) is 0 Å². The number of amides is 1. The lowest BCUT2D eigenvalue weighted by Crippen LogP contribution is -2.18. The van der Waals surface area contributed by atoms with Crippen LogP contribution in [0.15, 0.2) is 52.0 Å². The van der Waals surface area contributed by atoms with Crippen LogP contribution in [0, 0.1) is 0 Å². The number of hydrazone groups is 1. The predicted molar refractivity (Wildman–Crippen MR) is 81.8 cm³/mol. The zero-order valence-electron chi connectivity index (χ0n) is 10.9. The van der Waals surface area contributed by atoms with E-state index < -0.39 is 0 Å². The van der Waals surface area contributed by atoms with E-state index in [-0.39, 0.29) is 12.7 Å². The highest BCUT2D eigenvalue weighted by Crippen LogP contribution is 2.31. The summed E-state index contributed by atoms with van der Waals surface area (Å²) in [4.78, 5) is 11.9. The number of hydrogen-bond acceptors (Lipinski definition) is 4. The Morgan fingerprint density at radius 2 is 2.00 bits per heavy atom. The summed E-state index contributed by atoms with van der Waals surface area (Å²) in [5, 5.41) is 3.94. The van der Waals surface area contributed by atoms with E-state index in [0.717, 1.165) is 10.0 Å². The van der Waals surface area contributed by atoms with Crippen LogP contribution in [0.4, 0.5) is 0 Å². The molecule has 0 aromatic heterocycles. The zero-order valence-corrected chi connectivity index (χ0v) is 12.5. The highest BCUT2D eigenvalue weighted by Gasteiger charge is 2.12. The summed E-state index contributed by atoms with van der Waals surface area (Å²) < 4.78 is 11.2. The van der Waals surface area contributed by atoms with Crippen molar-refractivity contribution in [1.82, 2.24) is 5.43 Å². The minimum atomic E-state index is -0.278. The highest BCUT2D eigenvalue weighted by molar-refractivity contribution is 9.10. The lowest BCUT2D eigenvalue weighted by atomic mass is 10.2. The van der Waals surface area contributed by atoms with Crippen molar-refractivity contribution in [1.29, 1.82) is 0 Å². The number of hydrogen-bond donors (Lipinski definition) is 1. The third-order valence-corrected chi connectivity index (χ3v) is 3.59. The molecule has 0 saturated heterocycles. The molecule has 1 aliphatic rings. The molecule has 0 atom stereocenters. The first-order valence-electron chi connectivity index (χ1n) is 6.21. The first-order chi connectivity index (χ1) is 10.2. The van der Waals surface area contributed by atoms with Crippen molar-refractivity contribution in [3.8, 4) is 11.5 Å². The van der Waals surface area contributed by atoms with Gasteiger partial charge in [0.05, 0.1) is 11.8 Å². The standard InChI is InChI=1S/C15H11BrN2O3/c16-12-4-2-1-3-11(12)15(19)18-17-8-10-5-6-13-14(7-10)21-9-20-13/h1-8H,9H2,(H,18,19)/b17-8-. The molecule has 106 valence electrons. The van der Waals surface area contributed by atoms with Gasteiger partial charge in [-0.25, -0.2) is 5.43 Å². The minimum Gasteiger partial charge on any atom is -0.454 e. The number of nitrogens with zero attached hydrogens (tertiary/aromatic N) is 1. The molecule has 2 aromatic carbocycles. The number of nitrogens with one attached hydrogen (secondary N) is 1. The van der Waals surface area contributed by atoms with Gasteiger partial charge < -0.3 is 9.47 Å². The molecular formula is C15H11BrN2O3. The first kappa shape index (κ1) is 13.6. The molecule has 5 nitrogen and oxygen atoms in total. The third-order valence-electron chi connectivity index (χ3n) is 2.89. The van der Waals surface area contributed by atoms with Crippen LogP contribution < -0.4 is 14.9 Å². The molecule has 0 spiro atoms. The molecule has 0 unspecified atom stereocenters. The third kappa shape index (κ3) is 3.05. The van der Waals surface area contributed by atoms with Gasteiger partial charge in [-0.15, -0.1) is 0 Å². The summed E-state index contributed by atoms with van der Waals surface area (Å²) in [6, 6.07) is 12.6. The van der Waals surface area contributed by atoms with E-state index in [1.807, 2.05) is 12.1 Å². The fourth-order valence-electron chi connectivity index (χ4n) is 1.86. The number of benzene rings is 2. The van der Waals surface area contributed by atoms with Crippen LogP contribution in [0.5, 0.6) is 11.5 Å². The molecule has 0 aliphatic carbocycles. The number of fused-ring (bicyclic) bond motifs is 1. The highest BCUT2D eigenvalue weighted by atomic mass is 79.9. The number of rotatable bonds is 3. The van der Waals surface area contributed by atoms with Crippen molar-refractivity contribution in [2.75, 3.05) is 6.79 Å². The van der Waals surface area contributed by atoms with Gasteiger partial charge in [0, 0.05) is 4.47 Å². The number of ether oxygens (including phenoxy) is 2. The lowest BCUT2D eigenvalue weighted by Gasteiger charge is -2.02. The number of carbonyl (C=O) groups is 1. The molecule has 3 rings (SSSR count). The molecule has 6 heteroatoms. The monoisotopic (exact) mass is 346 g/mol. The molecule has 1 amide bonds. The quantitative estimate of drug-likeness (QED) is 0.686. The van der Waals surface area contributed by atoms with Gasteiger partial charge in [0.15, 0.2) is 11.5 Å². The predicted octanol–water partition coefficient (Wildman–Crippen LogP) is 2.94. The average Bonchev–Trinajstić information content (AvgIpc) is 2.95. The van der Waals surface area contributed by atoms with Gasteiger partial charge in [0.2, 0.25) is 6.79 Å². The van der Waals surface area contributed by atoms with Crippen molar-refractivity contribution in [2.24, 2.45) is 5.10 Å². The minimum absolute atomic E-state index is 0.231. The molecule has 0 bridgehead atoms. The molecule has 1 heterocycles. The normalized spacial score (nSPS) is 12.6. The van der Waals surface area contributed by atoms with Crippen LogP contribution in [0.3, 0.4) is 0 Å². The number of halogens is 1. The zero-order chi connectivity index (χ0) is 14.7. The van der Waals surface area contributed by atoms with Crippen LogP contribution in [0.25, 0.3) is 0 Å². The van der Waals surface area contributed by atoms with Gasteiger partial charge in [-0.2, -0.15) is 5.10 Å². The van der Waals surface area contributed by atoms with E-state index in [1.165, 1.54) is 0 Å². The molecule has 2 aromatic rings. The van der Waals surface area contributed by atoms with Gasteiger partial charge in [-0.3, -0.25) is 4.79 Å². The largest absolute Gasteiger partial charge is 0.454 e. The summed E-state index contributed by atoms with van der Waals surface area (Å²) in [6.07, 6.45) is 1.55. The summed E-state index contributed by atoms with van der Waals surface area (Å²) in [5.41, 5.74) is 3.82. The average molecular weight is 347 g/mol. The molecule has 21 heavy (non-hydrogen) atoms. The number of carbonyl (C=O) groups excluding carboxylic acids is 1. The first-order valence-corrected chi connectivity index (χ1v) is 7.01. The van der Waals surface area contributed by atoms with Crippen LogP contribution >= 0.6 is 15.9 Å². The van der Waals surface area contributed by atoms with Gasteiger partial charge in [-0.05, 0) is 51.8 Å². The van der Waals surface area contributed by atoms with Gasteiger partial charge in [0.25, 0.3) is 5.91 Å². The van der Waals surface area contributed by atoms with E-state index in [4.69, 9.17) is 9.47 Å². The van der Waals surface area contributed by atoms with Crippen molar-refractivity contribution in [3.63, 3.8) is 0 Å². The summed E-state index contributed by atoms with van der Waals surface area (Å²) in [5.74, 6) is 1.11. The molecule has 1 aliphatic heterocycles. The van der Waals surface area contributed by atoms with E-state index in [9.17, 15) is 4.79 Å². The Balaban J connectivity index is 1.67. The van der Waals surface area contributed by atoms with Crippen molar-refractivity contribution < 1.29 is 14.3 Å². The van der Waals surface area contributed by atoms with E-state index >= 15 is 0 Å². The Kier molecular flexibility index (Phi) is 3.87. The van der Waals surface area contributed by atoms with Crippen molar-refractivity contribution in [3.05, 3.63) is 58.1 Å². The second kappa shape index (κ2) is 5.97. The van der Waals surface area contributed by atoms with E-state index in [2.05, 4.69) is 26.5 Å². The molecule has 1 N–H and O–H groups in total. The topological polar surface area (TPSA) is 59.9 Å². The van der Waals surface area contributed by atoms with Crippen LogP contribution in [-0.4, -0.2) is 18.9 Å².